The smallest absolute Gasteiger partial charge is 0.124 e. The maximum atomic E-state index is 13.0. The summed E-state index contributed by atoms with van der Waals surface area (Å²) >= 11 is 5.96. The van der Waals surface area contributed by atoms with Gasteiger partial charge in [0, 0.05) is 11.1 Å². The number of halogens is 2. The van der Waals surface area contributed by atoms with Crippen molar-refractivity contribution in [2.45, 2.75) is 19.4 Å². The first kappa shape index (κ1) is 8.97. The zero-order chi connectivity index (χ0) is 9.42. The first-order valence-corrected chi connectivity index (χ1v) is 4.77. The monoisotopic (exact) mass is 199 g/mol. The summed E-state index contributed by atoms with van der Waals surface area (Å²) in [5.74, 6) is -0.238. The van der Waals surface area contributed by atoms with Gasteiger partial charge in [0.25, 0.3) is 0 Å². The molecule has 0 saturated heterocycles. The summed E-state index contributed by atoms with van der Waals surface area (Å²) in [5, 5.41) is 3.83. The molecule has 0 saturated carbocycles. The fourth-order valence-corrected chi connectivity index (χ4v) is 2.24. The van der Waals surface area contributed by atoms with Gasteiger partial charge >= 0.3 is 0 Å². The number of nitrogens with one attached hydrogen (secondary N) is 1. The van der Waals surface area contributed by atoms with Crippen LogP contribution < -0.4 is 5.32 Å². The Morgan fingerprint density at radius 2 is 2.31 bits per heavy atom. The van der Waals surface area contributed by atoms with Crippen LogP contribution in [0.4, 0.5) is 4.39 Å². The van der Waals surface area contributed by atoms with Crippen LogP contribution in [-0.2, 0) is 6.42 Å². The second kappa shape index (κ2) is 3.28. The van der Waals surface area contributed by atoms with E-state index in [-0.39, 0.29) is 11.9 Å². The van der Waals surface area contributed by atoms with E-state index in [4.69, 9.17) is 11.6 Å². The van der Waals surface area contributed by atoms with Crippen LogP contribution in [0.3, 0.4) is 0 Å². The van der Waals surface area contributed by atoms with Crippen LogP contribution in [0, 0.1) is 5.82 Å². The zero-order valence-corrected chi connectivity index (χ0v) is 8.16. The van der Waals surface area contributed by atoms with Crippen molar-refractivity contribution in [3.05, 3.63) is 34.1 Å². The van der Waals surface area contributed by atoms with Gasteiger partial charge in [-0.1, -0.05) is 11.6 Å². The highest BCUT2D eigenvalue weighted by Crippen LogP contribution is 2.30. The molecule has 0 fully saturated rings. The largest absolute Gasteiger partial charge is 0.310 e. The molecule has 0 aliphatic carbocycles. The third kappa shape index (κ3) is 1.56. The van der Waals surface area contributed by atoms with E-state index in [1.165, 1.54) is 6.07 Å². The van der Waals surface area contributed by atoms with E-state index in [2.05, 4.69) is 5.32 Å². The molecular weight excluding hydrogens is 189 g/mol. The van der Waals surface area contributed by atoms with Gasteiger partial charge in [0.2, 0.25) is 0 Å². The molecule has 0 aromatic heterocycles. The molecule has 1 aliphatic rings. The molecule has 1 atom stereocenters. The van der Waals surface area contributed by atoms with Crippen molar-refractivity contribution in [2.24, 2.45) is 0 Å². The van der Waals surface area contributed by atoms with E-state index in [0.717, 1.165) is 24.1 Å². The number of hydrogen-bond donors (Lipinski definition) is 1. The van der Waals surface area contributed by atoms with Crippen molar-refractivity contribution < 1.29 is 4.39 Å². The SMILES string of the molecule is CC1NCCc2cc(F)cc(Cl)c21. The van der Waals surface area contributed by atoms with E-state index in [1.54, 1.807) is 6.07 Å². The molecule has 0 amide bonds. The van der Waals surface area contributed by atoms with E-state index in [0.29, 0.717) is 5.02 Å². The van der Waals surface area contributed by atoms with E-state index >= 15 is 0 Å². The minimum Gasteiger partial charge on any atom is -0.310 e. The summed E-state index contributed by atoms with van der Waals surface area (Å²) in [6.45, 7) is 2.94. The molecular formula is C10H11ClFN. The Hall–Kier alpha value is -0.600. The molecule has 1 N–H and O–H groups in total. The molecule has 2 rings (SSSR count). The fraction of sp³-hybridized carbons (Fsp3) is 0.400. The van der Waals surface area contributed by atoms with Crippen molar-refractivity contribution in [1.29, 1.82) is 0 Å². The van der Waals surface area contributed by atoms with Gasteiger partial charge in [-0.05, 0) is 43.1 Å². The molecule has 1 aliphatic heterocycles. The maximum absolute atomic E-state index is 13.0. The summed E-state index contributed by atoms with van der Waals surface area (Å²) < 4.78 is 13.0. The van der Waals surface area contributed by atoms with Gasteiger partial charge in [-0.15, -0.1) is 0 Å². The van der Waals surface area contributed by atoms with Crippen molar-refractivity contribution >= 4 is 11.6 Å². The second-order valence-electron chi connectivity index (χ2n) is 3.39. The highest BCUT2D eigenvalue weighted by molar-refractivity contribution is 6.31. The van der Waals surface area contributed by atoms with Gasteiger partial charge in [-0.25, -0.2) is 4.39 Å². The molecule has 0 spiro atoms. The molecule has 1 unspecified atom stereocenters. The van der Waals surface area contributed by atoms with Crippen molar-refractivity contribution in [3.63, 3.8) is 0 Å². The van der Waals surface area contributed by atoms with E-state index in [9.17, 15) is 4.39 Å². The lowest BCUT2D eigenvalue weighted by Gasteiger charge is -2.24. The third-order valence-electron chi connectivity index (χ3n) is 2.46. The van der Waals surface area contributed by atoms with Gasteiger partial charge in [-0.2, -0.15) is 0 Å². The first-order valence-electron chi connectivity index (χ1n) is 4.39. The topological polar surface area (TPSA) is 12.0 Å². The molecule has 70 valence electrons. The lowest BCUT2D eigenvalue weighted by molar-refractivity contribution is 0.535. The Balaban J connectivity index is 2.56. The Morgan fingerprint density at radius 1 is 1.54 bits per heavy atom. The van der Waals surface area contributed by atoms with Crippen LogP contribution >= 0.6 is 11.6 Å². The molecule has 0 radical (unpaired) electrons. The molecule has 3 heteroatoms. The van der Waals surface area contributed by atoms with Crippen LogP contribution in [0.2, 0.25) is 5.02 Å². The Labute approximate surface area is 81.9 Å². The lowest BCUT2D eigenvalue weighted by atomic mass is 9.95. The third-order valence-corrected chi connectivity index (χ3v) is 2.77. The van der Waals surface area contributed by atoms with Crippen LogP contribution in [0.5, 0.6) is 0 Å². The predicted molar refractivity (Wildman–Crippen MR) is 51.5 cm³/mol. The van der Waals surface area contributed by atoms with Crippen molar-refractivity contribution in [1.82, 2.24) is 5.32 Å². The Kier molecular flexibility index (Phi) is 2.26. The highest BCUT2D eigenvalue weighted by Gasteiger charge is 2.19. The quantitative estimate of drug-likeness (QED) is 0.678. The Morgan fingerprint density at radius 3 is 3.08 bits per heavy atom. The molecule has 1 aromatic carbocycles. The number of benzene rings is 1. The number of fused-ring (bicyclic) bond motifs is 1. The van der Waals surface area contributed by atoms with E-state index in [1.807, 2.05) is 6.92 Å². The summed E-state index contributed by atoms with van der Waals surface area (Å²) in [6, 6.07) is 3.19. The standard InChI is InChI=1S/C10H11ClFN/c1-6-10-7(2-3-13-6)4-8(12)5-9(10)11/h4-6,13H,2-3H2,1H3. The minimum absolute atomic E-state index is 0.233. The zero-order valence-electron chi connectivity index (χ0n) is 7.40. The highest BCUT2D eigenvalue weighted by atomic mass is 35.5. The molecule has 13 heavy (non-hydrogen) atoms. The Bertz CT molecular complexity index is 338. The minimum atomic E-state index is -0.238. The first-order chi connectivity index (χ1) is 6.18. The summed E-state index contributed by atoms with van der Waals surface area (Å²) in [4.78, 5) is 0. The van der Waals surface area contributed by atoms with Gasteiger partial charge in [0.1, 0.15) is 5.82 Å². The van der Waals surface area contributed by atoms with Crippen LogP contribution in [0.25, 0.3) is 0 Å². The van der Waals surface area contributed by atoms with Crippen molar-refractivity contribution in [2.75, 3.05) is 6.54 Å². The van der Waals surface area contributed by atoms with Crippen LogP contribution in [0.1, 0.15) is 24.1 Å². The van der Waals surface area contributed by atoms with E-state index < -0.39 is 0 Å². The van der Waals surface area contributed by atoms with Gasteiger partial charge in [-0.3, -0.25) is 0 Å². The average molecular weight is 200 g/mol. The summed E-state index contributed by atoms with van der Waals surface area (Å²) in [5.41, 5.74) is 2.09. The number of rotatable bonds is 0. The molecule has 1 nitrogen and oxygen atoms in total. The molecule has 1 heterocycles. The van der Waals surface area contributed by atoms with Gasteiger partial charge in [0.15, 0.2) is 0 Å². The summed E-state index contributed by atoms with van der Waals surface area (Å²) in [7, 11) is 0. The lowest BCUT2D eigenvalue weighted by Crippen LogP contribution is -2.28. The maximum Gasteiger partial charge on any atom is 0.124 e. The molecule has 0 bridgehead atoms. The fourth-order valence-electron chi connectivity index (χ4n) is 1.86. The van der Waals surface area contributed by atoms with Crippen LogP contribution in [-0.4, -0.2) is 6.54 Å². The predicted octanol–water partition coefficient (Wildman–Crippen LogP) is 2.69. The molecule has 1 aromatic rings. The van der Waals surface area contributed by atoms with Crippen molar-refractivity contribution in [3.8, 4) is 0 Å². The average Bonchev–Trinajstić information content (AvgIpc) is 2.02. The summed E-state index contributed by atoms with van der Waals surface area (Å²) in [6.07, 6.45) is 0.858. The van der Waals surface area contributed by atoms with Gasteiger partial charge in [0.05, 0.1) is 0 Å². The van der Waals surface area contributed by atoms with Gasteiger partial charge < -0.3 is 5.32 Å². The van der Waals surface area contributed by atoms with Crippen LogP contribution in [0.15, 0.2) is 12.1 Å². The number of hydrogen-bond acceptors (Lipinski definition) is 1. The second-order valence-corrected chi connectivity index (χ2v) is 3.79. The normalized spacial score (nSPS) is 21.3.